The number of nitrogens with zero attached hydrogens (tertiary/aromatic N) is 1. The number of nitro groups is 1. The molecule has 0 aliphatic heterocycles. The monoisotopic (exact) mass is 473 g/mol. The Balaban J connectivity index is 2.36. The number of rotatable bonds is 11. The lowest BCUT2D eigenvalue weighted by Crippen LogP contribution is -2.44. The number of nitrogens with one attached hydrogen (secondary N) is 2. The van der Waals surface area contributed by atoms with Crippen molar-refractivity contribution in [1.82, 2.24) is 10.6 Å². The van der Waals surface area contributed by atoms with Crippen LogP contribution in [0.3, 0.4) is 0 Å². The number of aliphatic carboxylic acids is 1. The van der Waals surface area contributed by atoms with Gasteiger partial charge in [-0.25, -0.2) is 4.79 Å². The van der Waals surface area contributed by atoms with Gasteiger partial charge in [0.15, 0.2) is 0 Å². The third-order valence-corrected chi connectivity index (χ3v) is 5.10. The van der Waals surface area contributed by atoms with Crippen molar-refractivity contribution in [1.29, 1.82) is 0 Å². The van der Waals surface area contributed by atoms with Gasteiger partial charge in [-0.05, 0) is 54.3 Å². The smallest absolute Gasteiger partial charge is 0.326 e. The topological polar surface area (TPSA) is 148 Å². The molecule has 0 spiro atoms. The number of carbonyl (C=O) groups excluding carboxylic acids is 2. The fourth-order valence-electron chi connectivity index (χ4n) is 2.72. The number of ether oxygens (including phenoxy) is 1. The lowest BCUT2D eigenvalue weighted by Gasteiger charge is -2.16. The summed E-state index contributed by atoms with van der Waals surface area (Å²) in [4.78, 5) is 47.6. The van der Waals surface area contributed by atoms with Gasteiger partial charge in [-0.1, -0.05) is 12.1 Å². The van der Waals surface area contributed by atoms with Gasteiger partial charge in [0, 0.05) is 17.7 Å². The molecular weight excluding hydrogens is 450 g/mol. The van der Waals surface area contributed by atoms with Crippen LogP contribution >= 0.6 is 11.8 Å². The second-order valence-electron chi connectivity index (χ2n) is 6.74. The zero-order valence-electron chi connectivity index (χ0n) is 17.9. The summed E-state index contributed by atoms with van der Waals surface area (Å²) < 4.78 is 5.06. The maximum Gasteiger partial charge on any atom is 0.326 e. The number of carboxylic acid groups (broad SMARTS) is 1. The lowest BCUT2D eigenvalue weighted by atomic mass is 10.1. The summed E-state index contributed by atoms with van der Waals surface area (Å²) in [6.07, 6.45) is 3.24. The Morgan fingerprint density at radius 1 is 1.21 bits per heavy atom. The number of benzene rings is 2. The van der Waals surface area contributed by atoms with Gasteiger partial charge < -0.3 is 20.5 Å². The fourth-order valence-corrected chi connectivity index (χ4v) is 3.19. The summed E-state index contributed by atoms with van der Waals surface area (Å²) in [6.45, 7) is 0. The molecule has 33 heavy (non-hydrogen) atoms. The molecule has 0 radical (unpaired) electrons. The first kappa shape index (κ1) is 25.4. The largest absolute Gasteiger partial charge is 0.497 e. The van der Waals surface area contributed by atoms with Crippen LogP contribution in [0.15, 0.2) is 54.2 Å². The average Bonchev–Trinajstić information content (AvgIpc) is 2.81. The molecule has 0 aliphatic rings. The molecule has 0 fully saturated rings. The van der Waals surface area contributed by atoms with Crippen LogP contribution in [0, 0.1) is 10.1 Å². The number of thioether (sulfide) groups is 1. The van der Waals surface area contributed by atoms with Crippen LogP contribution < -0.4 is 15.4 Å². The predicted octanol–water partition coefficient (Wildman–Crippen LogP) is 2.70. The minimum Gasteiger partial charge on any atom is -0.497 e. The van der Waals surface area contributed by atoms with Gasteiger partial charge in [-0.2, -0.15) is 11.8 Å². The molecule has 2 amide bonds. The van der Waals surface area contributed by atoms with Crippen molar-refractivity contribution in [2.45, 2.75) is 12.5 Å². The summed E-state index contributed by atoms with van der Waals surface area (Å²) in [5.41, 5.74) is 0.0474. The van der Waals surface area contributed by atoms with E-state index in [2.05, 4.69) is 10.6 Å². The molecule has 0 aromatic heterocycles. The van der Waals surface area contributed by atoms with E-state index in [0.717, 1.165) is 0 Å². The van der Waals surface area contributed by atoms with Crippen LogP contribution in [0.1, 0.15) is 22.3 Å². The van der Waals surface area contributed by atoms with Crippen molar-refractivity contribution >= 4 is 41.3 Å². The maximum atomic E-state index is 12.9. The number of nitro benzene ring substituents is 1. The zero-order chi connectivity index (χ0) is 24.4. The van der Waals surface area contributed by atoms with Gasteiger partial charge in [0.25, 0.3) is 17.5 Å². The van der Waals surface area contributed by atoms with E-state index in [1.54, 1.807) is 12.1 Å². The Labute approximate surface area is 194 Å². The SMILES string of the molecule is COc1ccc(C(=O)N/C(=C\c2cccc([N+](=O)[O-])c2)C(=O)N[C@H](CCSC)C(=O)O)cc1. The van der Waals surface area contributed by atoms with Crippen LogP contribution in [0.5, 0.6) is 5.75 Å². The Bertz CT molecular complexity index is 1050. The first-order chi connectivity index (χ1) is 15.7. The van der Waals surface area contributed by atoms with Gasteiger partial charge in [0.1, 0.15) is 17.5 Å². The van der Waals surface area contributed by atoms with Crippen molar-refractivity contribution in [3.8, 4) is 5.75 Å². The van der Waals surface area contributed by atoms with E-state index < -0.39 is 28.7 Å². The molecule has 3 N–H and O–H groups in total. The first-order valence-electron chi connectivity index (χ1n) is 9.69. The molecule has 10 nitrogen and oxygen atoms in total. The number of hydrogen-bond donors (Lipinski definition) is 3. The molecule has 0 saturated carbocycles. The van der Waals surface area contributed by atoms with E-state index in [9.17, 15) is 29.6 Å². The van der Waals surface area contributed by atoms with E-state index >= 15 is 0 Å². The number of methoxy groups -OCH3 is 1. The molecule has 0 saturated heterocycles. The van der Waals surface area contributed by atoms with E-state index in [1.807, 2.05) is 6.26 Å². The molecule has 2 aromatic rings. The number of carboxylic acids is 1. The van der Waals surface area contributed by atoms with Gasteiger partial charge in [0.05, 0.1) is 12.0 Å². The van der Waals surface area contributed by atoms with Crippen molar-refractivity contribution in [2.24, 2.45) is 0 Å². The molecule has 0 heterocycles. The van der Waals surface area contributed by atoms with Crippen LogP contribution in [0.4, 0.5) is 5.69 Å². The highest BCUT2D eigenvalue weighted by Gasteiger charge is 2.23. The Kier molecular flexibility index (Phi) is 9.43. The van der Waals surface area contributed by atoms with E-state index in [1.165, 1.54) is 61.3 Å². The number of amides is 2. The van der Waals surface area contributed by atoms with Crippen LogP contribution in [-0.2, 0) is 9.59 Å². The van der Waals surface area contributed by atoms with Crippen molar-refractivity contribution in [2.75, 3.05) is 19.1 Å². The van der Waals surface area contributed by atoms with Crippen LogP contribution in [-0.4, -0.2) is 53.0 Å². The Hall–Kier alpha value is -3.86. The minimum atomic E-state index is -1.21. The summed E-state index contributed by atoms with van der Waals surface area (Å²) in [5, 5.41) is 25.3. The van der Waals surface area contributed by atoms with E-state index in [4.69, 9.17) is 4.74 Å². The Morgan fingerprint density at radius 2 is 1.91 bits per heavy atom. The molecule has 0 unspecified atom stereocenters. The fraction of sp³-hybridized carbons (Fsp3) is 0.227. The summed E-state index contributed by atoms with van der Waals surface area (Å²) in [5.74, 6) is -1.64. The molecule has 2 aromatic carbocycles. The molecule has 0 aliphatic carbocycles. The number of hydrogen-bond acceptors (Lipinski definition) is 7. The van der Waals surface area contributed by atoms with Gasteiger partial charge in [0.2, 0.25) is 0 Å². The quantitative estimate of drug-likeness (QED) is 0.256. The third-order valence-electron chi connectivity index (χ3n) is 4.45. The molecule has 1 atom stereocenters. The zero-order valence-corrected chi connectivity index (χ0v) is 18.8. The molecule has 2 rings (SSSR count). The minimum absolute atomic E-state index is 0.179. The van der Waals surface area contributed by atoms with Crippen LogP contribution in [0.25, 0.3) is 6.08 Å². The highest BCUT2D eigenvalue weighted by molar-refractivity contribution is 7.98. The van der Waals surface area contributed by atoms with Gasteiger partial charge in [-0.3, -0.25) is 19.7 Å². The normalized spacial score (nSPS) is 11.9. The summed E-state index contributed by atoms with van der Waals surface area (Å²) in [7, 11) is 1.48. The molecule has 11 heteroatoms. The second kappa shape index (κ2) is 12.2. The average molecular weight is 474 g/mol. The number of non-ortho nitro benzene ring substituents is 1. The number of carbonyl (C=O) groups is 3. The van der Waals surface area contributed by atoms with Gasteiger partial charge >= 0.3 is 5.97 Å². The Morgan fingerprint density at radius 3 is 2.48 bits per heavy atom. The third kappa shape index (κ3) is 7.65. The first-order valence-corrected chi connectivity index (χ1v) is 11.1. The molecule has 174 valence electrons. The summed E-state index contributed by atoms with van der Waals surface area (Å²) in [6, 6.07) is 10.4. The summed E-state index contributed by atoms with van der Waals surface area (Å²) >= 11 is 1.43. The highest BCUT2D eigenvalue weighted by Crippen LogP contribution is 2.16. The van der Waals surface area contributed by atoms with Gasteiger partial charge in [-0.15, -0.1) is 0 Å². The molecule has 0 bridgehead atoms. The van der Waals surface area contributed by atoms with E-state index in [0.29, 0.717) is 11.5 Å². The highest BCUT2D eigenvalue weighted by atomic mass is 32.2. The van der Waals surface area contributed by atoms with Crippen molar-refractivity contribution in [3.05, 3.63) is 75.5 Å². The second-order valence-corrected chi connectivity index (χ2v) is 7.72. The standard InChI is InChI=1S/C22H23N3O7S/c1-32-17-8-6-15(7-9-17)20(26)24-19(13-14-4-3-5-16(12-14)25(30)31)21(27)23-18(22(28)29)10-11-33-2/h3-9,12-13,18H,10-11H2,1-2H3,(H,23,27)(H,24,26)(H,28,29)/b19-13-/t18-/m1/s1. The van der Waals surface area contributed by atoms with Crippen LogP contribution in [0.2, 0.25) is 0 Å². The van der Waals surface area contributed by atoms with Crippen molar-refractivity contribution < 1.29 is 29.2 Å². The van der Waals surface area contributed by atoms with E-state index in [-0.39, 0.29) is 28.9 Å². The predicted molar refractivity (Wildman–Crippen MR) is 124 cm³/mol. The molecular formula is C22H23N3O7S. The van der Waals surface area contributed by atoms with Crippen molar-refractivity contribution in [3.63, 3.8) is 0 Å². The maximum absolute atomic E-state index is 12.9. The lowest BCUT2D eigenvalue weighted by molar-refractivity contribution is -0.384.